The largest absolute Gasteiger partial charge is 0.491 e. The van der Waals surface area contributed by atoms with Crippen LogP contribution in [-0.2, 0) is 18.8 Å². The summed E-state index contributed by atoms with van der Waals surface area (Å²) >= 11 is 0. The number of carboxylic acids is 1. The molecule has 4 nitrogen and oxygen atoms in total. The first-order chi connectivity index (χ1) is 9.95. The summed E-state index contributed by atoms with van der Waals surface area (Å²) in [6.45, 7) is 2.25. The van der Waals surface area contributed by atoms with Gasteiger partial charge in [0.05, 0.1) is 12.2 Å². The first-order valence-electron chi connectivity index (χ1n) is 6.02. The van der Waals surface area contributed by atoms with Gasteiger partial charge in [-0.3, -0.25) is 0 Å². The number of aromatic carboxylic acids is 1. The van der Waals surface area contributed by atoms with Gasteiger partial charge in [0.25, 0.3) is 0 Å². The van der Waals surface area contributed by atoms with Crippen molar-refractivity contribution in [1.29, 1.82) is 0 Å². The van der Waals surface area contributed by atoms with Crippen LogP contribution in [0.4, 0.5) is 26.3 Å². The Labute approximate surface area is 120 Å². The highest BCUT2D eigenvalue weighted by Gasteiger charge is 2.45. The second-order valence-corrected chi connectivity index (χ2v) is 4.08. The standard InChI is InChI=1S/C12H11F6NO3/c1-3-5-6(10(20)21)8(11(13,14)15)19-9(12(16,17)18)7(5)22-4-2/h3-4H2,1-2H3,(H,20,21). The van der Waals surface area contributed by atoms with Crippen molar-refractivity contribution in [2.45, 2.75) is 32.6 Å². The second-order valence-electron chi connectivity index (χ2n) is 4.08. The Morgan fingerprint density at radius 2 is 1.59 bits per heavy atom. The summed E-state index contributed by atoms with van der Waals surface area (Å²) in [6, 6.07) is 0. The number of alkyl halides is 6. The average molecular weight is 331 g/mol. The summed E-state index contributed by atoms with van der Waals surface area (Å²) in [5.41, 5.74) is -5.99. The Balaban J connectivity index is 3.93. The molecule has 0 saturated heterocycles. The second kappa shape index (κ2) is 6.01. The van der Waals surface area contributed by atoms with E-state index in [2.05, 4.69) is 4.98 Å². The number of carboxylic acid groups (broad SMARTS) is 1. The zero-order valence-electron chi connectivity index (χ0n) is 11.4. The first kappa shape index (κ1) is 18.1. The van der Waals surface area contributed by atoms with E-state index in [1.807, 2.05) is 0 Å². The van der Waals surface area contributed by atoms with Crippen LogP contribution in [0.15, 0.2) is 0 Å². The van der Waals surface area contributed by atoms with Crippen molar-refractivity contribution in [3.63, 3.8) is 0 Å². The van der Waals surface area contributed by atoms with Crippen molar-refractivity contribution in [2.24, 2.45) is 0 Å². The van der Waals surface area contributed by atoms with Crippen LogP contribution in [0.3, 0.4) is 0 Å². The number of halogens is 6. The van der Waals surface area contributed by atoms with Crippen LogP contribution in [0.25, 0.3) is 0 Å². The van der Waals surface area contributed by atoms with Gasteiger partial charge in [-0.1, -0.05) is 6.92 Å². The number of rotatable bonds is 4. The summed E-state index contributed by atoms with van der Waals surface area (Å²) in [7, 11) is 0. The average Bonchev–Trinajstić information content (AvgIpc) is 2.35. The molecule has 0 atom stereocenters. The third-order valence-electron chi connectivity index (χ3n) is 2.64. The van der Waals surface area contributed by atoms with Gasteiger partial charge < -0.3 is 9.84 Å². The maximum atomic E-state index is 12.9. The number of hydrogen-bond acceptors (Lipinski definition) is 3. The number of carbonyl (C=O) groups is 1. The highest BCUT2D eigenvalue weighted by atomic mass is 19.4. The molecule has 1 aromatic rings. The molecule has 0 unspecified atom stereocenters. The molecule has 10 heteroatoms. The van der Waals surface area contributed by atoms with Crippen LogP contribution in [-0.4, -0.2) is 22.7 Å². The van der Waals surface area contributed by atoms with Crippen LogP contribution in [0, 0.1) is 0 Å². The smallest absolute Gasteiger partial charge is 0.437 e. The van der Waals surface area contributed by atoms with Crippen LogP contribution in [0.2, 0.25) is 0 Å². The van der Waals surface area contributed by atoms with E-state index in [0.717, 1.165) is 0 Å². The Morgan fingerprint density at radius 3 is 1.91 bits per heavy atom. The van der Waals surface area contributed by atoms with Gasteiger partial charge in [0, 0.05) is 5.56 Å². The minimum atomic E-state index is -5.34. The van der Waals surface area contributed by atoms with Gasteiger partial charge in [-0.15, -0.1) is 0 Å². The molecule has 1 aromatic heterocycles. The maximum Gasteiger partial charge on any atom is 0.437 e. The number of aromatic nitrogens is 1. The molecule has 124 valence electrons. The number of hydrogen-bond donors (Lipinski definition) is 1. The van der Waals surface area contributed by atoms with Crippen molar-refractivity contribution in [2.75, 3.05) is 6.61 Å². The van der Waals surface area contributed by atoms with Crippen molar-refractivity contribution >= 4 is 5.97 Å². The predicted octanol–water partition coefficient (Wildman–Crippen LogP) is 3.78. The topological polar surface area (TPSA) is 59.4 Å². The molecule has 0 bridgehead atoms. The fraction of sp³-hybridized carbons (Fsp3) is 0.500. The summed E-state index contributed by atoms with van der Waals surface area (Å²) in [5, 5.41) is 8.95. The molecule has 0 aromatic carbocycles. The molecular weight excluding hydrogens is 320 g/mol. The minimum Gasteiger partial charge on any atom is -0.491 e. The Bertz CT molecular complexity index is 580. The molecule has 22 heavy (non-hydrogen) atoms. The van der Waals surface area contributed by atoms with E-state index in [-0.39, 0.29) is 6.61 Å². The molecule has 0 aliphatic heterocycles. The third-order valence-corrected chi connectivity index (χ3v) is 2.64. The summed E-state index contributed by atoms with van der Waals surface area (Å²) < 4.78 is 82.2. The molecule has 1 N–H and O–H groups in total. The Kier molecular flexibility index (Phi) is 4.93. The van der Waals surface area contributed by atoms with Gasteiger partial charge in [0.1, 0.15) is 0 Å². The van der Waals surface area contributed by atoms with Gasteiger partial charge in [-0.2, -0.15) is 26.3 Å². The van der Waals surface area contributed by atoms with E-state index in [0.29, 0.717) is 0 Å². The van der Waals surface area contributed by atoms with Crippen LogP contribution < -0.4 is 4.74 Å². The number of nitrogens with zero attached hydrogens (tertiary/aromatic N) is 1. The molecule has 1 heterocycles. The fourth-order valence-electron chi connectivity index (χ4n) is 1.88. The summed E-state index contributed by atoms with van der Waals surface area (Å²) in [6.07, 6.45) is -11.0. The lowest BCUT2D eigenvalue weighted by Crippen LogP contribution is -2.23. The molecule has 0 fully saturated rings. The van der Waals surface area contributed by atoms with Gasteiger partial charge in [0.2, 0.25) is 0 Å². The predicted molar refractivity (Wildman–Crippen MR) is 61.7 cm³/mol. The van der Waals surface area contributed by atoms with Crippen molar-refractivity contribution < 1.29 is 41.0 Å². The molecule has 1 rings (SSSR count). The SMILES string of the molecule is CCOc1c(C(F)(F)F)nc(C(F)(F)F)c(C(=O)O)c1CC. The Morgan fingerprint density at radius 1 is 1.09 bits per heavy atom. The van der Waals surface area contributed by atoms with Gasteiger partial charge in [-0.25, -0.2) is 9.78 Å². The molecular formula is C12H11F6NO3. The minimum absolute atomic E-state index is 0.290. The monoisotopic (exact) mass is 331 g/mol. The van der Waals surface area contributed by atoms with E-state index in [1.165, 1.54) is 13.8 Å². The zero-order valence-corrected chi connectivity index (χ0v) is 11.4. The number of ether oxygens (including phenoxy) is 1. The molecule has 0 aliphatic carbocycles. The van der Waals surface area contributed by atoms with Crippen molar-refractivity contribution in [1.82, 2.24) is 4.98 Å². The molecule has 0 radical (unpaired) electrons. The summed E-state index contributed by atoms with van der Waals surface area (Å²) in [4.78, 5) is 13.6. The first-order valence-corrected chi connectivity index (χ1v) is 6.02. The van der Waals surface area contributed by atoms with Crippen molar-refractivity contribution in [3.8, 4) is 5.75 Å². The van der Waals surface area contributed by atoms with E-state index >= 15 is 0 Å². The van der Waals surface area contributed by atoms with Crippen LogP contribution >= 0.6 is 0 Å². The third kappa shape index (κ3) is 3.42. The number of pyridine rings is 1. The maximum absolute atomic E-state index is 12.9. The fourth-order valence-corrected chi connectivity index (χ4v) is 1.88. The lowest BCUT2D eigenvalue weighted by Gasteiger charge is -2.20. The molecule has 0 spiro atoms. The van der Waals surface area contributed by atoms with E-state index < -0.39 is 53.0 Å². The Hall–Kier alpha value is -2.00. The highest BCUT2D eigenvalue weighted by Crippen LogP contribution is 2.42. The van der Waals surface area contributed by atoms with E-state index in [1.54, 1.807) is 0 Å². The molecule has 0 saturated carbocycles. The van der Waals surface area contributed by atoms with E-state index in [4.69, 9.17) is 9.84 Å². The van der Waals surface area contributed by atoms with E-state index in [9.17, 15) is 31.1 Å². The normalized spacial score (nSPS) is 12.4. The van der Waals surface area contributed by atoms with Crippen LogP contribution in [0.1, 0.15) is 41.2 Å². The van der Waals surface area contributed by atoms with Crippen LogP contribution in [0.5, 0.6) is 5.75 Å². The lowest BCUT2D eigenvalue weighted by atomic mass is 10.0. The summed E-state index contributed by atoms with van der Waals surface area (Å²) in [5.74, 6) is -3.01. The lowest BCUT2D eigenvalue weighted by molar-refractivity contribution is -0.151. The molecule has 0 amide bonds. The highest BCUT2D eigenvalue weighted by molar-refractivity contribution is 5.92. The van der Waals surface area contributed by atoms with Crippen molar-refractivity contribution in [3.05, 3.63) is 22.5 Å². The van der Waals surface area contributed by atoms with Gasteiger partial charge in [0.15, 0.2) is 17.1 Å². The molecule has 0 aliphatic rings. The van der Waals surface area contributed by atoms with Gasteiger partial charge >= 0.3 is 18.3 Å². The van der Waals surface area contributed by atoms with Gasteiger partial charge in [-0.05, 0) is 13.3 Å². The zero-order chi connectivity index (χ0) is 17.3. The quantitative estimate of drug-likeness (QED) is 0.853.